The Labute approximate surface area is 123 Å². The lowest BCUT2D eigenvalue weighted by atomic mass is 10.1. The molecule has 0 fully saturated rings. The molecule has 0 N–H and O–H groups in total. The van der Waals surface area contributed by atoms with E-state index in [1.54, 1.807) is 0 Å². The smallest absolute Gasteiger partial charge is 0.183 e. The number of anilines is 1. The van der Waals surface area contributed by atoms with E-state index in [-0.39, 0.29) is 17.0 Å². The van der Waals surface area contributed by atoms with Gasteiger partial charge in [0, 0.05) is 38.3 Å². The Morgan fingerprint density at radius 3 is 2.39 bits per heavy atom. The van der Waals surface area contributed by atoms with Gasteiger partial charge in [-0.05, 0) is 13.3 Å². The Morgan fingerprint density at radius 1 is 1.11 bits per heavy atom. The normalized spacial score (nSPS) is 10.0. The van der Waals surface area contributed by atoms with Crippen molar-refractivity contribution >= 4 is 5.69 Å². The monoisotopic (exact) mass is 314 g/mol. The van der Waals surface area contributed by atoms with Gasteiger partial charge in [-0.3, -0.25) is 0 Å². The molecule has 1 aromatic rings. The second-order valence-electron chi connectivity index (χ2n) is 4.87. The topological polar surface area (TPSA) is 7.12 Å². The number of hydrogen-bond acceptors (Lipinski definition) is 1. The van der Waals surface area contributed by atoms with Crippen molar-refractivity contribution in [2.24, 2.45) is 0 Å². The summed E-state index contributed by atoms with van der Waals surface area (Å²) in [4.78, 5) is 2.18. The average molecular weight is 315 g/mol. The standard InChI is InChI=1S/C15H27N2.BrH/c1-5-7-8-9-10-15-13-14(16(3)4)11-12-17(15)6-2;/h11-13H,5-10H2,1-4H3;1H/q+1;/p-1. The van der Waals surface area contributed by atoms with E-state index in [0.29, 0.717) is 0 Å². The lowest BCUT2D eigenvalue weighted by Gasteiger charge is -2.13. The van der Waals surface area contributed by atoms with Crippen LogP contribution in [0.1, 0.15) is 45.2 Å². The Morgan fingerprint density at radius 2 is 1.83 bits per heavy atom. The Bertz CT molecular complexity index is 337. The molecule has 0 aliphatic rings. The summed E-state index contributed by atoms with van der Waals surface area (Å²) >= 11 is 0. The van der Waals surface area contributed by atoms with Gasteiger partial charge >= 0.3 is 0 Å². The fourth-order valence-electron chi connectivity index (χ4n) is 2.10. The molecule has 1 heterocycles. The Kier molecular flexibility index (Phi) is 9.08. The van der Waals surface area contributed by atoms with Crippen LogP contribution in [0.4, 0.5) is 5.69 Å². The zero-order valence-corrected chi connectivity index (χ0v) is 13.8. The van der Waals surface area contributed by atoms with Crippen molar-refractivity contribution in [2.75, 3.05) is 19.0 Å². The Hall–Kier alpha value is -0.570. The quantitative estimate of drug-likeness (QED) is 0.515. The third-order valence-electron chi connectivity index (χ3n) is 3.25. The number of rotatable bonds is 7. The van der Waals surface area contributed by atoms with Crippen molar-refractivity contribution in [2.45, 2.75) is 52.5 Å². The zero-order chi connectivity index (χ0) is 12.7. The highest BCUT2D eigenvalue weighted by molar-refractivity contribution is 5.43. The molecule has 0 aliphatic carbocycles. The number of aryl methyl sites for hydroxylation is 2. The van der Waals surface area contributed by atoms with Gasteiger partial charge in [0.25, 0.3) is 0 Å². The molecule has 0 atom stereocenters. The molecule has 0 amide bonds. The molecule has 2 nitrogen and oxygen atoms in total. The van der Waals surface area contributed by atoms with Crippen molar-refractivity contribution in [1.82, 2.24) is 0 Å². The van der Waals surface area contributed by atoms with Crippen molar-refractivity contribution in [3.05, 3.63) is 24.0 Å². The van der Waals surface area contributed by atoms with E-state index >= 15 is 0 Å². The highest BCUT2D eigenvalue weighted by Gasteiger charge is 2.10. The predicted molar refractivity (Wildman–Crippen MR) is 74.5 cm³/mol. The van der Waals surface area contributed by atoms with Gasteiger partial charge in [-0.2, -0.15) is 0 Å². The highest BCUT2D eigenvalue weighted by Crippen LogP contribution is 2.12. The number of aromatic nitrogens is 1. The molecule has 0 unspecified atom stereocenters. The fourth-order valence-corrected chi connectivity index (χ4v) is 2.10. The van der Waals surface area contributed by atoms with Gasteiger partial charge in [0.05, 0.1) is 0 Å². The summed E-state index contributed by atoms with van der Waals surface area (Å²) in [6.07, 6.45) is 8.75. The zero-order valence-electron chi connectivity index (χ0n) is 12.2. The van der Waals surface area contributed by atoms with E-state index in [0.717, 1.165) is 6.54 Å². The minimum atomic E-state index is 0. The van der Waals surface area contributed by atoms with Crippen LogP contribution in [0.5, 0.6) is 0 Å². The molecule has 0 bridgehead atoms. The molecule has 0 spiro atoms. The molecule has 0 aromatic carbocycles. The van der Waals surface area contributed by atoms with Crippen LogP contribution in [0, 0.1) is 0 Å². The van der Waals surface area contributed by atoms with E-state index in [1.807, 2.05) is 0 Å². The molecule has 104 valence electrons. The second-order valence-corrected chi connectivity index (χ2v) is 4.87. The minimum Gasteiger partial charge on any atom is -1.00 e. The van der Waals surface area contributed by atoms with E-state index in [1.165, 1.54) is 43.5 Å². The van der Waals surface area contributed by atoms with Gasteiger partial charge < -0.3 is 21.9 Å². The molecular formula is C15H27BrN2. The lowest BCUT2D eigenvalue weighted by molar-refractivity contribution is -0.700. The summed E-state index contributed by atoms with van der Waals surface area (Å²) < 4.78 is 2.36. The highest BCUT2D eigenvalue weighted by atomic mass is 79.9. The largest absolute Gasteiger partial charge is 1.00 e. The van der Waals surface area contributed by atoms with Crippen LogP contribution >= 0.6 is 0 Å². The number of hydrogen-bond donors (Lipinski definition) is 0. The maximum absolute atomic E-state index is 2.36. The number of unbranched alkanes of at least 4 members (excludes halogenated alkanes) is 3. The third-order valence-corrected chi connectivity index (χ3v) is 3.25. The summed E-state index contributed by atoms with van der Waals surface area (Å²) in [5, 5.41) is 0. The van der Waals surface area contributed by atoms with Crippen LogP contribution < -0.4 is 26.4 Å². The first-order valence-corrected chi connectivity index (χ1v) is 6.88. The van der Waals surface area contributed by atoms with E-state index < -0.39 is 0 Å². The molecule has 0 radical (unpaired) electrons. The SMILES string of the molecule is CCCCCCc1cc(N(C)C)cc[n+]1CC.[Br-]. The molecule has 1 aromatic heterocycles. The molecule has 1 rings (SSSR count). The summed E-state index contributed by atoms with van der Waals surface area (Å²) in [5.41, 5.74) is 2.77. The maximum Gasteiger partial charge on any atom is 0.183 e. The average Bonchev–Trinajstić information content (AvgIpc) is 2.34. The molecular weight excluding hydrogens is 288 g/mol. The molecule has 18 heavy (non-hydrogen) atoms. The van der Waals surface area contributed by atoms with E-state index in [2.05, 4.69) is 55.7 Å². The Balaban J connectivity index is 0.00000289. The summed E-state index contributed by atoms with van der Waals surface area (Å²) in [7, 11) is 4.21. The third kappa shape index (κ3) is 5.38. The number of pyridine rings is 1. The predicted octanol–water partition coefficient (Wildman–Crippen LogP) is 0.187. The molecule has 3 heteroatoms. The summed E-state index contributed by atoms with van der Waals surface area (Å²) in [6.45, 7) is 5.54. The first-order chi connectivity index (χ1) is 8.19. The second kappa shape index (κ2) is 9.37. The van der Waals surface area contributed by atoms with Crippen molar-refractivity contribution < 1.29 is 21.5 Å². The van der Waals surface area contributed by atoms with Crippen LogP contribution in [0.2, 0.25) is 0 Å². The number of halogens is 1. The van der Waals surface area contributed by atoms with Gasteiger partial charge in [0.15, 0.2) is 11.9 Å². The van der Waals surface area contributed by atoms with Gasteiger partial charge in [0.2, 0.25) is 0 Å². The van der Waals surface area contributed by atoms with Gasteiger partial charge in [0.1, 0.15) is 6.54 Å². The summed E-state index contributed by atoms with van der Waals surface area (Å²) in [6, 6.07) is 4.52. The fraction of sp³-hybridized carbons (Fsp3) is 0.667. The minimum absolute atomic E-state index is 0. The van der Waals surface area contributed by atoms with Gasteiger partial charge in [-0.25, -0.2) is 4.57 Å². The van der Waals surface area contributed by atoms with Crippen LogP contribution in [0.3, 0.4) is 0 Å². The van der Waals surface area contributed by atoms with Crippen LogP contribution in [0.25, 0.3) is 0 Å². The maximum atomic E-state index is 2.36. The van der Waals surface area contributed by atoms with Crippen molar-refractivity contribution in [3.63, 3.8) is 0 Å². The van der Waals surface area contributed by atoms with E-state index in [4.69, 9.17) is 0 Å². The van der Waals surface area contributed by atoms with Crippen molar-refractivity contribution in [3.8, 4) is 0 Å². The summed E-state index contributed by atoms with van der Waals surface area (Å²) in [5.74, 6) is 0. The van der Waals surface area contributed by atoms with Crippen molar-refractivity contribution in [1.29, 1.82) is 0 Å². The first kappa shape index (κ1) is 17.4. The van der Waals surface area contributed by atoms with Crippen LogP contribution in [-0.2, 0) is 13.0 Å². The van der Waals surface area contributed by atoms with Gasteiger partial charge in [-0.15, -0.1) is 0 Å². The molecule has 0 saturated carbocycles. The molecule has 0 saturated heterocycles. The number of nitrogens with zero attached hydrogens (tertiary/aromatic N) is 2. The van der Waals surface area contributed by atoms with Crippen LogP contribution in [0.15, 0.2) is 18.3 Å². The van der Waals surface area contributed by atoms with Gasteiger partial charge in [-0.1, -0.05) is 26.2 Å². The first-order valence-electron chi connectivity index (χ1n) is 6.88. The lowest BCUT2D eigenvalue weighted by Crippen LogP contribution is -3.00. The van der Waals surface area contributed by atoms with E-state index in [9.17, 15) is 0 Å². The van der Waals surface area contributed by atoms with Crippen LogP contribution in [-0.4, -0.2) is 14.1 Å². The molecule has 0 aliphatic heterocycles.